The summed E-state index contributed by atoms with van der Waals surface area (Å²) in [4.78, 5) is 48.6. The minimum atomic E-state index is -1.36. The van der Waals surface area contributed by atoms with Crippen molar-refractivity contribution >= 4 is 41.3 Å². The number of hydrogen-bond acceptors (Lipinski definition) is 5. The molecule has 0 aliphatic carbocycles. The van der Waals surface area contributed by atoms with Crippen molar-refractivity contribution in [2.45, 2.75) is 12.0 Å². The van der Waals surface area contributed by atoms with Gasteiger partial charge in [0.25, 0.3) is 11.8 Å². The molecule has 0 saturated carbocycles. The first kappa shape index (κ1) is 19.0. The topological polar surface area (TPSA) is 97.6 Å². The smallest absolute Gasteiger partial charge is 0.262 e. The summed E-state index contributed by atoms with van der Waals surface area (Å²) in [5.74, 6) is -2.41. The molecule has 2 atom stereocenters. The van der Waals surface area contributed by atoms with Crippen molar-refractivity contribution in [2.24, 2.45) is 0 Å². The largest absolute Gasteiger partial charge is 0.301 e. The van der Waals surface area contributed by atoms with Gasteiger partial charge in [-0.25, -0.2) is 0 Å². The fraction of sp³-hybridized carbons (Fsp3) is 0.167. The quantitative estimate of drug-likeness (QED) is 0.317. The molecule has 9 heteroatoms. The van der Waals surface area contributed by atoms with E-state index in [1.807, 2.05) is 0 Å². The average molecular weight is 407 g/mol. The number of hydrogen-bond donors (Lipinski definition) is 0. The highest BCUT2D eigenvalue weighted by Crippen LogP contribution is 2.33. The Kier molecular flexibility index (Phi) is 5.25. The maximum absolute atomic E-state index is 12.7. The minimum Gasteiger partial charge on any atom is -0.301 e. The molecule has 0 spiro atoms. The Morgan fingerprint density at radius 1 is 1.04 bits per heavy atom. The number of rotatable bonds is 6. The third kappa shape index (κ3) is 3.43. The number of nitrogens with zero attached hydrogens (tertiary/aromatic N) is 2. The van der Waals surface area contributed by atoms with E-state index >= 15 is 0 Å². The van der Waals surface area contributed by atoms with Crippen molar-refractivity contribution in [2.75, 3.05) is 6.54 Å². The van der Waals surface area contributed by atoms with Gasteiger partial charge >= 0.3 is 0 Å². The van der Waals surface area contributed by atoms with Gasteiger partial charge in [-0.1, -0.05) is 41.4 Å². The van der Waals surface area contributed by atoms with E-state index in [0.717, 1.165) is 4.90 Å². The average Bonchev–Trinajstić information content (AvgIpc) is 2.89. The zero-order chi connectivity index (χ0) is 19.7. The molecule has 0 bridgehead atoms. The van der Waals surface area contributed by atoms with E-state index in [4.69, 9.17) is 23.2 Å². The predicted molar refractivity (Wildman–Crippen MR) is 97.9 cm³/mol. The lowest BCUT2D eigenvalue weighted by Gasteiger charge is -2.27. The van der Waals surface area contributed by atoms with Crippen LogP contribution in [0.25, 0.3) is 0 Å². The molecule has 1 heterocycles. The summed E-state index contributed by atoms with van der Waals surface area (Å²) >= 11 is 11.9. The molecule has 0 N–H and O–H groups in total. The van der Waals surface area contributed by atoms with E-state index in [1.54, 1.807) is 12.1 Å². The van der Waals surface area contributed by atoms with E-state index in [1.165, 1.54) is 30.3 Å². The first-order valence-electron chi connectivity index (χ1n) is 7.84. The van der Waals surface area contributed by atoms with Gasteiger partial charge in [0.05, 0.1) is 27.1 Å². The minimum absolute atomic E-state index is 0.148. The van der Waals surface area contributed by atoms with E-state index in [0.29, 0.717) is 11.8 Å². The lowest BCUT2D eigenvalue weighted by atomic mass is 9.91. The SMILES string of the molecule is O=C[C@H]([C@@H](C[N+](=O)[O-])c1ccc(Cl)c(Cl)c1)N1C(=O)c2ccccc2C1=O. The highest BCUT2D eigenvalue weighted by Gasteiger charge is 2.44. The Labute approximate surface area is 163 Å². The second-order valence-corrected chi connectivity index (χ2v) is 6.76. The lowest BCUT2D eigenvalue weighted by molar-refractivity contribution is -0.484. The van der Waals surface area contributed by atoms with Crippen LogP contribution in [-0.2, 0) is 4.79 Å². The van der Waals surface area contributed by atoms with Crippen LogP contribution >= 0.6 is 23.2 Å². The number of aldehydes is 1. The summed E-state index contributed by atoms with van der Waals surface area (Å²) in [6, 6.07) is 9.09. The van der Waals surface area contributed by atoms with Crippen LogP contribution in [0.3, 0.4) is 0 Å². The summed E-state index contributed by atoms with van der Waals surface area (Å²) in [6.07, 6.45) is 0.373. The number of fused-ring (bicyclic) bond motifs is 1. The number of amides is 2. The van der Waals surface area contributed by atoms with Crippen LogP contribution in [0.1, 0.15) is 32.2 Å². The molecule has 2 aromatic rings. The molecule has 0 unspecified atom stereocenters. The molecule has 0 saturated heterocycles. The van der Waals surface area contributed by atoms with Crippen molar-refractivity contribution in [3.8, 4) is 0 Å². The molecular formula is C18H12Cl2N2O5. The van der Waals surface area contributed by atoms with Crippen molar-refractivity contribution < 1.29 is 19.3 Å². The standard InChI is InChI=1S/C18H12Cl2N2O5/c19-14-6-5-10(7-15(14)20)13(8-21(26)27)16(9-23)22-17(24)11-3-1-2-4-12(11)18(22)25/h1-7,9,13,16H,8H2/t13-,16+/m0/s1. The monoisotopic (exact) mass is 406 g/mol. The van der Waals surface area contributed by atoms with Gasteiger partial charge in [-0.05, 0) is 29.8 Å². The van der Waals surface area contributed by atoms with Crippen LogP contribution in [0, 0.1) is 10.1 Å². The zero-order valence-electron chi connectivity index (χ0n) is 13.7. The van der Waals surface area contributed by atoms with E-state index in [2.05, 4.69) is 0 Å². The second-order valence-electron chi connectivity index (χ2n) is 5.95. The highest BCUT2D eigenvalue weighted by molar-refractivity contribution is 6.42. The van der Waals surface area contributed by atoms with Gasteiger partial charge in [0.15, 0.2) is 0 Å². The van der Waals surface area contributed by atoms with Crippen molar-refractivity contribution in [3.63, 3.8) is 0 Å². The van der Waals surface area contributed by atoms with Crippen LogP contribution in [0.2, 0.25) is 10.0 Å². The molecular weight excluding hydrogens is 395 g/mol. The van der Waals surface area contributed by atoms with Gasteiger partial charge in [-0.15, -0.1) is 0 Å². The van der Waals surface area contributed by atoms with E-state index < -0.39 is 35.2 Å². The summed E-state index contributed by atoms with van der Waals surface area (Å²) < 4.78 is 0. The Balaban J connectivity index is 2.06. The molecule has 27 heavy (non-hydrogen) atoms. The number of benzene rings is 2. The highest BCUT2D eigenvalue weighted by atomic mass is 35.5. The normalized spacial score (nSPS) is 15.4. The van der Waals surface area contributed by atoms with Crippen molar-refractivity contribution in [3.05, 3.63) is 79.3 Å². The van der Waals surface area contributed by atoms with Crippen LogP contribution in [-0.4, -0.2) is 40.5 Å². The molecule has 1 aliphatic rings. The molecule has 1 aliphatic heterocycles. The molecule has 138 valence electrons. The molecule has 2 aromatic carbocycles. The van der Waals surface area contributed by atoms with Crippen molar-refractivity contribution in [1.82, 2.24) is 4.90 Å². The summed E-state index contributed by atoms with van der Waals surface area (Å²) in [5.41, 5.74) is 0.640. The molecule has 7 nitrogen and oxygen atoms in total. The van der Waals surface area contributed by atoms with Crippen LogP contribution in [0.5, 0.6) is 0 Å². The van der Waals surface area contributed by atoms with Gasteiger partial charge in [-0.3, -0.25) is 24.6 Å². The second kappa shape index (κ2) is 7.46. The molecule has 3 rings (SSSR count). The van der Waals surface area contributed by atoms with Gasteiger partial charge in [-0.2, -0.15) is 0 Å². The van der Waals surface area contributed by atoms with Gasteiger partial charge < -0.3 is 4.79 Å². The fourth-order valence-corrected chi connectivity index (χ4v) is 3.44. The van der Waals surface area contributed by atoms with Crippen LogP contribution in [0.4, 0.5) is 0 Å². The Morgan fingerprint density at radius 3 is 2.11 bits per heavy atom. The fourth-order valence-electron chi connectivity index (χ4n) is 3.13. The molecule has 2 amide bonds. The lowest BCUT2D eigenvalue weighted by Crippen LogP contribution is -2.46. The molecule has 0 fully saturated rings. The van der Waals surface area contributed by atoms with E-state index in [-0.39, 0.29) is 21.2 Å². The number of halogens is 2. The number of carbonyl (C=O) groups excluding carboxylic acids is 3. The van der Waals surface area contributed by atoms with Gasteiger partial charge in [0, 0.05) is 4.92 Å². The maximum Gasteiger partial charge on any atom is 0.262 e. The summed E-state index contributed by atoms with van der Waals surface area (Å²) in [6.45, 7) is -0.672. The molecule has 0 radical (unpaired) electrons. The molecule has 0 aromatic heterocycles. The third-order valence-electron chi connectivity index (χ3n) is 4.39. The Hall–Kier alpha value is -2.77. The number of imide groups is 1. The van der Waals surface area contributed by atoms with Crippen LogP contribution < -0.4 is 0 Å². The first-order valence-corrected chi connectivity index (χ1v) is 8.59. The summed E-state index contributed by atoms with van der Waals surface area (Å²) in [5, 5.41) is 11.6. The van der Waals surface area contributed by atoms with Crippen LogP contribution in [0.15, 0.2) is 42.5 Å². The predicted octanol–water partition coefficient (Wildman–Crippen LogP) is 3.22. The first-order chi connectivity index (χ1) is 12.8. The summed E-state index contributed by atoms with van der Waals surface area (Å²) in [7, 11) is 0. The third-order valence-corrected chi connectivity index (χ3v) is 5.13. The van der Waals surface area contributed by atoms with Crippen molar-refractivity contribution in [1.29, 1.82) is 0 Å². The number of carbonyl (C=O) groups is 3. The Bertz CT molecular complexity index is 928. The van der Waals surface area contributed by atoms with Gasteiger partial charge in [0.2, 0.25) is 6.54 Å². The maximum atomic E-state index is 12.7. The van der Waals surface area contributed by atoms with Gasteiger partial charge in [0.1, 0.15) is 12.3 Å². The van der Waals surface area contributed by atoms with E-state index in [9.17, 15) is 24.5 Å². The number of nitro groups is 1. The zero-order valence-corrected chi connectivity index (χ0v) is 15.2. The Morgan fingerprint density at radius 2 is 1.63 bits per heavy atom.